The number of aromatic nitrogens is 3. The monoisotopic (exact) mass is 386 g/mol. The Morgan fingerprint density at radius 1 is 1.14 bits per heavy atom. The lowest BCUT2D eigenvalue weighted by Crippen LogP contribution is -2.23. The SMILES string of the molecule is CC1=C(/C=C(\C)C(=O)NCc2ccc(-c3ncnc4[nH]ccc34)cc2)CCCC1. The zero-order chi connectivity index (χ0) is 20.2. The molecule has 2 aromatic heterocycles. The Kier molecular flexibility index (Phi) is 5.56. The molecule has 0 fully saturated rings. The summed E-state index contributed by atoms with van der Waals surface area (Å²) in [5, 5.41) is 4.03. The highest BCUT2D eigenvalue weighted by Gasteiger charge is 2.11. The second-order valence-corrected chi connectivity index (χ2v) is 7.68. The lowest BCUT2D eigenvalue weighted by molar-refractivity contribution is -0.117. The van der Waals surface area contributed by atoms with Gasteiger partial charge in [-0.3, -0.25) is 4.79 Å². The zero-order valence-electron chi connectivity index (χ0n) is 17.0. The first-order chi connectivity index (χ1) is 14.1. The summed E-state index contributed by atoms with van der Waals surface area (Å²) in [6.07, 6.45) is 10.2. The van der Waals surface area contributed by atoms with Gasteiger partial charge in [-0.05, 0) is 56.7 Å². The van der Waals surface area contributed by atoms with Gasteiger partial charge < -0.3 is 10.3 Å². The number of hydrogen-bond acceptors (Lipinski definition) is 3. The van der Waals surface area contributed by atoms with Gasteiger partial charge in [0.25, 0.3) is 0 Å². The van der Waals surface area contributed by atoms with Gasteiger partial charge in [0.1, 0.15) is 12.0 Å². The van der Waals surface area contributed by atoms with E-state index in [1.165, 1.54) is 24.0 Å². The first kappa shape index (κ1) is 19.1. The highest BCUT2D eigenvalue weighted by atomic mass is 16.1. The van der Waals surface area contributed by atoms with Gasteiger partial charge in [0.15, 0.2) is 0 Å². The average Bonchev–Trinajstić information content (AvgIpc) is 3.23. The second kappa shape index (κ2) is 8.43. The van der Waals surface area contributed by atoms with E-state index in [0.717, 1.165) is 46.3 Å². The Bertz CT molecular complexity index is 1090. The number of benzene rings is 1. The third kappa shape index (κ3) is 4.29. The van der Waals surface area contributed by atoms with E-state index < -0.39 is 0 Å². The van der Waals surface area contributed by atoms with Gasteiger partial charge in [-0.25, -0.2) is 9.97 Å². The molecule has 0 saturated carbocycles. The number of nitrogens with zero attached hydrogens (tertiary/aromatic N) is 2. The molecule has 2 N–H and O–H groups in total. The minimum absolute atomic E-state index is 0.00946. The summed E-state index contributed by atoms with van der Waals surface area (Å²) in [6, 6.07) is 10.1. The van der Waals surface area contributed by atoms with Gasteiger partial charge >= 0.3 is 0 Å². The maximum absolute atomic E-state index is 12.5. The molecule has 29 heavy (non-hydrogen) atoms. The van der Waals surface area contributed by atoms with Crippen LogP contribution in [0.1, 0.15) is 45.1 Å². The van der Waals surface area contributed by atoms with Crippen molar-refractivity contribution in [3.8, 4) is 11.3 Å². The highest BCUT2D eigenvalue weighted by molar-refractivity contribution is 5.93. The van der Waals surface area contributed by atoms with Crippen molar-refractivity contribution < 1.29 is 4.79 Å². The fraction of sp³-hybridized carbons (Fsp3) is 0.292. The van der Waals surface area contributed by atoms with Crippen molar-refractivity contribution in [1.82, 2.24) is 20.3 Å². The van der Waals surface area contributed by atoms with E-state index in [1.54, 1.807) is 6.33 Å². The predicted octanol–water partition coefficient (Wildman–Crippen LogP) is 5.08. The van der Waals surface area contributed by atoms with Gasteiger partial charge in [0, 0.05) is 29.3 Å². The molecule has 0 unspecified atom stereocenters. The van der Waals surface area contributed by atoms with Gasteiger partial charge in [0.05, 0.1) is 5.69 Å². The van der Waals surface area contributed by atoms with Crippen LogP contribution in [0.15, 0.2) is 65.7 Å². The predicted molar refractivity (Wildman–Crippen MR) is 116 cm³/mol. The van der Waals surface area contributed by atoms with Crippen LogP contribution < -0.4 is 5.32 Å². The lowest BCUT2D eigenvalue weighted by Gasteiger charge is -2.15. The summed E-state index contributed by atoms with van der Waals surface area (Å²) in [5.41, 5.74) is 7.34. The van der Waals surface area contributed by atoms with E-state index in [4.69, 9.17) is 0 Å². The number of allylic oxidation sites excluding steroid dienone is 3. The van der Waals surface area contributed by atoms with Gasteiger partial charge in [-0.2, -0.15) is 0 Å². The molecule has 0 saturated heterocycles. The summed E-state index contributed by atoms with van der Waals surface area (Å²) in [5.74, 6) is -0.00946. The number of carbonyl (C=O) groups excluding carboxylic acids is 1. The molecule has 1 aliphatic carbocycles. The fourth-order valence-electron chi connectivity index (χ4n) is 3.81. The smallest absolute Gasteiger partial charge is 0.247 e. The lowest BCUT2D eigenvalue weighted by atomic mass is 9.91. The molecule has 0 aliphatic heterocycles. The second-order valence-electron chi connectivity index (χ2n) is 7.68. The molecule has 1 aromatic carbocycles. The normalized spacial score (nSPS) is 15.0. The molecule has 4 rings (SSSR count). The maximum Gasteiger partial charge on any atom is 0.247 e. The van der Waals surface area contributed by atoms with Crippen molar-refractivity contribution >= 4 is 16.9 Å². The van der Waals surface area contributed by atoms with Crippen LogP contribution in [0.25, 0.3) is 22.3 Å². The topological polar surface area (TPSA) is 70.7 Å². The van der Waals surface area contributed by atoms with Gasteiger partial charge in [-0.15, -0.1) is 0 Å². The van der Waals surface area contributed by atoms with Crippen molar-refractivity contribution in [3.05, 3.63) is 71.2 Å². The minimum Gasteiger partial charge on any atom is -0.348 e. The quantitative estimate of drug-likeness (QED) is 0.601. The van der Waals surface area contributed by atoms with E-state index in [2.05, 4.69) is 33.3 Å². The average molecular weight is 386 g/mol. The standard InChI is InChI=1S/C24H26N4O/c1-16-5-3-4-6-20(16)13-17(2)24(29)26-14-18-7-9-19(10-8-18)22-21-11-12-25-23(21)28-15-27-22/h7-13,15H,3-6,14H2,1-2H3,(H,26,29)(H,25,27,28)/b17-13+. The van der Waals surface area contributed by atoms with E-state index in [1.807, 2.05) is 43.5 Å². The molecular weight excluding hydrogens is 360 g/mol. The summed E-state index contributed by atoms with van der Waals surface area (Å²) in [4.78, 5) is 24.2. The van der Waals surface area contributed by atoms with Gasteiger partial charge in [-0.1, -0.05) is 35.9 Å². The number of fused-ring (bicyclic) bond motifs is 1. The molecule has 3 aromatic rings. The minimum atomic E-state index is -0.00946. The Balaban J connectivity index is 1.42. The Labute approximate surface area is 171 Å². The largest absolute Gasteiger partial charge is 0.348 e. The zero-order valence-corrected chi connectivity index (χ0v) is 17.0. The summed E-state index contributed by atoms with van der Waals surface area (Å²) < 4.78 is 0. The van der Waals surface area contributed by atoms with Crippen molar-refractivity contribution in [2.45, 2.75) is 46.1 Å². The van der Waals surface area contributed by atoms with Crippen LogP contribution in [0.4, 0.5) is 0 Å². The van der Waals surface area contributed by atoms with Gasteiger partial charge in [0.2, 0.25) is 5.91 Å². The number of hydrogen-bond donors (Lipinski definition) is 2. The van der Waals surface area contributed by atoms with Crippen LogP contribution >= 0.6 is 0 Å². The Morgan fingerprint density at radius 2 is 1.93 bits per heavy atom. The molecule has 5 heteroatoms. The molecule has 148 valence electrons. The Hall–Kier alpha value is -3.21. The number of carbonyl (C=O) groups is 1. The Morgan fingerprint density at radius 3 is 2.72 bits per heavy atom. The maximum atomic E-state index is 12.5. The third-order valence-electron chi connectivity index (χ3n) is 5.58. The van der Waals surface area contributed by atoms with Crippen molar-refractivity contribution in [1.29, 1.82) is 0 Å². The molecule has 0 radical (unpaired) electrons. The molecule has 0 bridgehead atoms. The van der Waals surface area contributed by atoms with Crippen LogP contribution in [0, 0.1) is 0 Å². The summed E-state index contributed by atoms with van der Waals surface area (Å²) in [7, 11) is 0. The van der Waals surface area contributed by atoms with Crippen LogP contribution in [-0.2, 0) is 11.3 Å². The molecule has 0 spiro atoms. The first-order valence-corrected chi connectivity index (χ1v) is 10.1. The van der Waals surface area contributed by atoms with Crippen molar-refractivity contribution in [3.63, 3.8) is 0 Å². The van der Waals surface area contributed by atoms with E-state index in [-0.39, 0.29) is 5.91 Å². The number of H-pyrrole nitrogens is 1. The molecule has 1 aliphatic rings. The molecule has 2 heterocycles. The van der Waals surface area contributed by atoms with Crippen LogP contribution in [0.2, 0.25) is 0 Å². The van der Waals surface area contributed by atoms with E-state index in [9.17, 15) is 4.79 Å². The van der Waals surface area contributed by atoms with Crippen LogP contribution in [-0.4, -0.2) is 20.9 Å². The molecule has 1 amide bonds. The van der Waals surface area contributed by atoms with Crippen LogP contribution in [0.5, 0.6) is 0 Å². The van der Waals surface area contributed by atoms with Crippen molar-refractivity contribution in [2.24, 2.45) is 0 Å². The molecular formula is C24H26N4O. The number of aromatic amines is 1. The van der Waals surface area contributed by atoms with E-state index in [0.29, 0.717) is 6.54 Å². The van der Waals surface area contributed by atoms with Crippen molar-refractivity contribution in [2.75, 3.05) is 0 Å². The summed E-state index contributed by atoms with van der Waals surface area (Å²) in [6.45, 7) is 4.58. The van der Waals surface area contributed by atoms with E-state index >= 15 is 0 Å². The first-order valence-electron chi connectivity index (χ1n) is 10.1. The fourth-order valence-corrected chi connectivity index (χ4v) is 3.81. The number of nitrogens with one attached hydrogen (secondary N) is 2. The molecule has 5 nitrogen and oxygen atoms in total. The molecule has 0 atom stereocenters. The summed E-state index contributed by atoms with van der Waals surface area (Å²) >= 11 is 0. The van der Waals surface area contributed by atoms with Crippen LogP contribution in [0.3, 0.4) is 0 Å². The number of amides is 1. The highest BCUT2D eigenvalue weighted by Crippen LogP contribution is 2.26. The number of rotatable bonds is 5. The third-order valence-corrected chi connectivity index (χ3v) is 5.58.